The Kier molecular flexibility index (Phi) is 6.09. The van der Waals surface area contributed by atoms with Crippen molar-refractivity contribution in [1.29, 1.82) is 0 Å². The number of carbonyl (C=O) groups is 4. The zero-order valence-electron chi connectivity index (χ0n) is 12.8. The third-order valence-corrected chi connectivity index (χ3v) is 3.14. The molecule has 0 N–H and O–H groups in total. The first-order chi connectivity index (χ1) is 10.4. The van der Waals surface area contributed by atoms with E-state index in [0.717, 1.165) is 14.2 Å². The molecule has 0 aromatic carbocycles. The number of esters is 4. The van der Waals surface area contributed by atoms with E-state index >= 15 is 0 Å². The van der Waals surface area contributed by atoms with Gasteiger partial charge in [-0.3, -0.25) is 9.59 Å². The van der Waals surface area contributed by atoms with Gasteiger partial charge in [0, 0.05) is 0 Å². The second-order valence-electron chi connectivity index (χ2n) is 4.27. The van der Waals surface area contributed by atoms with Crippen LogP contribution in [-0.2, 0) is 38.1 Å². The van der Waals surface area contributed by atoms with Crippen LogP contribution in [0, 0.1) is 11.8 Å². The van der Waals surface area contributed by atoms with Crippen LogP contribution in [0.2, 0.25) is 0 Å². The predicted molar refractivity (Wildman–Crippen MR) is 71.3 cm³/mol. The number of carbonyl (C=O) groups excluding carboxylic acids is 4. The second-order valence-corrected chi connectivity index (χ2v) is 4.27. The lowest BCUT2D eigenvalue weighted by molar-refractivity contribution is -0.162. The van der Waals surface area contributed by atoms with Gasteiger partial charge in [-0.2, -0.15) is 0 Å². The summed E-state index contributed by atoms with van der Waals surface area (Å²) in [6.45, 7) is 3.27. The third kappa shape index (κ3) is 3.10. The first kappa shape index (κ1) is 17.7. The van der Waals surface area contributed by atoms with Crippen LogP contribution in [0.5, 0.6) is 0 Å². The summed E-state index contributed by atoms with van der Waals surface area (Å²) in [5.41, 5.74) is -0.451. The molecule has 0 spiro atoms. The lowest BCUT2D eigenvalue weighted by atomic mass is 9.67. The molecule has 0 radical (unpaired) electrons. The summed E-state index contributed by atoms with van der Waals surface area (Å²) in [4.78, 5) is 47.7. The zero-order valence-corrected chi connectivity index (χ0v) is 12.8. The maximum absolute atomic E-state index is 12.0. The maximum atomic E-state index is 12.0. The van der Waals surface area contributed by atoms with Crippen molar-refractivity contribution < 1.29 is 38.1 Å². The Labute approximate surface area is 127 Å². The van der Waals surface area contributed by atoms with Gasteiger partial charge in [0.05, 0.1) is 38.6 Å². The zero-order chi connectivity index (χ0) is 16.9. The molecule has 0 saturated heterocycles. The van der Waals surface area contributed by atoms with Gasteiger partial charge in [0.1, 0.15) is 11.8 Å². The van der Waals surface area contributed by atoms with Gasteiger partial charge in [-0.15, -0.1) is 0 Å². The van der Waals surface area contributed by atoms with E-state index < -0.39 is 35.7 Å². The van der Waals surface area contributed by atoms with E-state index in [1.807, 2.05) is 0 Å². The highest BCUT2D eigenvalue weighted by Crippen LogP contribution is 2.43. The smallest absolute Gasteiger partial charge is 0.335 e. The highest BCUT2D eigenvalue weighted by molar-refractivity contribution is 6.13. The molecular weight excluding hydrogens is 296 g/mol. The fourth-order valence-corrected chi connectivity index (χ4v) is 2.23. The summed E-state index contributed by atoms with van der Waals surface area (Å²) in [5.74, 6) is -5.85. The number of hydrogen-bond acceptors (Lipinski definition) is 8. The van der Waals surface area contributed by atoms with E-state index in [-0.39, 0.29) is 24.4 Å². The van der Waals surface area contributed by atoms with E-state index in [1.54, 1.807) is 13.8 Å². The van der Waals surface area contributed by atoms with Gasteiger partial charge in [0.15, 0.2) is 0 Å². The van der Waals surface area contributed by atoms with Gasteiger partial charge in [-0.25, -0.2) is 9.59 Å². The molecule has 0 saturated carbocycles. The van der Waals surface area contributed by atoms with E-state index in [9.17, 15) is 19.2 Å². The minimum atomic E-state index is -1.24. The highest BCUT2D eigenvalue weighted by atomic mass is 16.5. The average molecular weight is 314 g/mol. The van der Waals surface area contributed by atoms with Crippen molar-refractivity contribution >= 4 is 23.9 Å². The van der Waals surface area contributed by atoms with Gasteiger partial charge >= 0.3 is 23.9 Å². The summed E-state index contributed by atoms with van der Waals surface area (Å²) in [6, 6.07) is 0. The van der Waals surface area contributed by atoms with Crippen molar-refractivity contribution in [2.24, 2.45) is 11.8 Å². The molecule has 22 heavy (non-hydrogen) atoms. The van der Waals surface area contributed by atoms with Crippen LogP contribution in [-0.4, -0.2) is 51.3 Å². The van der Waals surface area contributed by atoms with Crippen LogP contribution in [0.4, 0.5) is 0 Å². The second kappa shape index (κ2) is 7.58. The molecule has 2 atom stereocenters. The lowest BCUT2D eigenvalue weighted by Gasteiger charge is -2.35. The van der Waals surface area contributed by atoms with Crippen molar-refractivity contribution in [2.75, 3.05) is 27.4 Å². The van der Waals surface area contributed by atoms with Gasteiger partial charge in [0.2, 0.25) is 0 Å². The van der Waals surface area contributed by atoms with Crippen LogP contribution in [0.3, 0.4) is 0 Å². The topological polar surface area (TPSA) is 105 Å². The average Bonchev–Trinajstić information content (AvgIpc) is 2.46. The van der Waals surface area contributed by atoms with Crippen LogP contribution >= 0.6 is 0 Å². The largest absolute Gasteiger partial charge is 0.469 e. The van der Waals surface area contributed by atoms with Gasteiger partial charge in [-0.05, 0) is 13.8 Å². The highest BCUT2D eigenvalue weighted by Gasteiger charge is 2.56. The normalized spacial score (nSPS) is 19.8. The Morgan fingerprint density at radius 3 is 1.73 bits per heavy atom. The van der Waals surface area contributed by atoms with E-state index in [4.69, 9.17) is 9.47 Å². The molecule has 0 fully saturated rings. The lowest BCUT2D eigenvalue weighted by Crippen LogP contribution is -2.48. The molecule has 0 aliphatic heterocycles. The molecule has 1 aliphatic rings. The Bertz CT molecular complexity index is 519. The Balaban J connectivity index is 3.33. The van der Waals surface area contributed by atoms with Crippen LogP contribution in [0.15, 0.2) is 11.1 Å². The molecule has 8 nitrogen and oxygen atoms in total. The van der Waals surface area contributed by atoms with Crippen LogP contribution in [0.25, 0.3) is 0 Å². The van der Waals surface area contributed by atoms with Crippen molar-refractivity contribution in [3.63, 3.8) is 0 Å². The van der Waals surface area contributed by atoms with Crippen LogP contribution < -0.4 is 0 Å². The quantitative estimate of drug-likeness (QED) is 0.498. The Morgan fingerprint density at radius 2 is 1.27 bits per heavy atom. The number of ether oxygens (including phenoxy) is 4. The third-order valence-electron chi connectivity index (χ3n) is 3.14. The van der Waals surface area contributed by atoms with E-state index in [0.29, 0.717) is 0 Å². The standard InChI is InChI=1S/C14H18O8/c1-5-21-13(17)9-7(11(15)19-3)8(12(16)20-4)10(9)14(18)22-6-2/h7,9H,5-6H2,1-4H3/t7-,9+/m1/s1. The molecule has 122 valence electrons. The van der Waals surface area contributed by atoms with E-state index in [1.165, 1.54) is 0 Å². The molecule has 8 heteroatoms. The molecule has 1 rings (SSSR count). The van der Waals surface area contributed by atoms with Crippen molar-refractivity contribution in [3.05, 3.63) is 11.1 Å². The SMILES string of the molecule is CCOC(=O)C1=C(C(=O)OC)[C@@H](C(=O)OC)[C@@H]1C(=O)OCC. The van der Waals surface area contributed by atoms with Gasteiger partial charge < -0.3 is 18.9 Å². The molecule has 0 aromatic heterocycles. The van der Waals surface area contributed by atoms with E-state index in [2.05, 4.69) is 9.47 Å². The summed E-state index contributed by atoms with van der Waals surface area (Å²) >= 11 is 0. The molecule has 0 aromatic rings. The summed E-state index contributed by atoms with van der Waals surface area (Å²) in [7, 11) is 2.21. The van der Waals surface area contributed by atoms with Crippen molar-refractivity contribution in [3.8, 4) is 0 Å². The molecule has 0 bridgehead atoms. The van der Waals surface area contributed by atoms with Gasteiger partial charge in [0.25, 0.3) is 0 Å². The molecule has 0 unspecified atom stereocenters. The minimum Gasteiger partial charge on any atom is -0.469 e. The van der Waals surface area contributed by atoms with Gasteiger partial charge in [-0.1, -0.05) is 0 Å². The predicted octanol–water partition coefficient (Wildman–Crippen LogP) is 0.00120. The minimum absolute atomic E-state index is 0.0508. The summed E-state index contributed by atoms with van der Waals surface area (Å²) < 4.78 is 18.8. The fraction of sp³-hybridized carbons (Fsp3) is 0.571. The first-order valence-corrected chi connectivity index (χ1v) is 6.68. The monoisotopic (exact) mass is 314 g/mol. The Hall–Kier alpha value is -2.38. The molecule has 1 aliphatic carbocycles. The molecule has 0 heterocycles. The van der Waals surface area contributed by atoms with Crippen molar-refractivity contribution in [1.82, 2.24) is 0 Å². The number of hydrogen-bond donors (Lipinski definition) is 0. The van der Waals surface area contributed by atoms with Crippen LogP contribution in [0.1, 0.15) is 13.8 Å². The maximum Gasteiger partial charge on any atom is 0.335 e. The number of methoxy groups -OCH3 is 2. The number of rotatable bonds is 6. The van der Waals surface area contributed by atoms with Crippen molar-refractivity contribution in [2.45, 2.75) is 13.8 Å². The molecule has 0 amide bonds. The summed E-state index contributed by atoms with van der Waals surface area (Å²) in [6.07, 6.45) is 0. The first-order valence-electron chi connectivity index (χ1n) is 6.68. The Morgan fingerprint density at radius 1 is 0.773 bits per heavy atom. The fourth-order valence-electron chi connectivity index (χ4n) is 2.23. The summed E-state index contributed by atoms with van der Waals surface area (Å²) in [5, 5.41) is 0. The molecular formula is C14H18O8.